The molecule has 0 radical (unpaired) electrons. The number of ketones is 1. The molecule has 1 aromatic rings. The molecule has 0 aliphatic heterocycles. The lowest BCUT2D eigenvalue weighted by molar-refractivity contribution is 0.0951. The van der Waals surface area contributed by atoms with Crippen molar-refractivity contribution in [1.29, 1.82) is 0 Å². The van der Waals surface area contributed by atoms with Crippen LogP contribution in [0, 0.1) is 5.92 Å². The van der Waals surface area contributed by atoms with Crippen LogP contribution in [0.3, 0.4) is 0 Å². The Bertz CT molecular complexity index is 582. The molecule has 3 nitrogen and oxygen atoms in total. The average molecular weight is 236 g/mol. The first-order valence-electron chi connectivity index (χ1n) is 4.97. The van der Waals surface area contributed by atoms with Gasteiger partial charge in [-0.1, -0.05) is 31.2 Å². The lowest BCUT2D eigenvalue weighted by Crippen LogP contribution is -2.16. The number of carbonyl (C=O) groups is 1. The molecule has 0 aromatic heterocycles. The van der Waals surface area contributed by atoms with Crippen LogP contribution in [0.25, 0.3) is 6.08 Å². The van der Waals surface area contributed by atoms with Crippen molar-refractivity contribution < 1.29 is 13.2 Å². The molecular formula is C12H12O3S. The summed E-state index contributed by atoms with van der Waals surface area (Å²) in [6, 6.07) is 4.81. The summed E-state index contributed by atoms with van der Waals surface area (Å²) in [6.07, 6.45) is 4.61. The molecule has 0 amide bonds. The van der Waals surface area contributed by atoms with Crippen LogP contribution in [0.1, 0.15) is 22.8 Å². The Labute approximate surface area is 94.7 Å². The van der Waals surface area contributed by atoms with E-state index >= 15 is 0 Å². The lowest BCUT2D eigenvalue weighted by Gasteiger charge is -2.16. The minimum absolute atomic E-state index is 0.0250. The van der Waals surface area contributed by atoms with Crippen LogP contribution in [-0.4, -0.2) is 20.5 Å². The van der Waals surface area contributed by atoms with Gasteiger partial charge in [-0.25, -0.2) is 8.42 Å². The van der Waals surface area contributed by atoms with Gasteiger partial charge in [0, 0.05) is 23.3 Å². The molecule has 0 saturated heterocycles. The fourth-order valence-electron chi connectivity index (χ4n) is 1.83. The first kappa shape index (κ1) is 11.1. The molecule has 0 saturated carbocycles. The second-order valence-corrected chi connectivity index (χ2v) is 5.99. The largest absolute Gasteiger partial charge is 0.294 e. The van der Waals surface area contributed by atoms with Gasteiger partial charge in [0.2, 0.25) is 0 Å². The van der Waals surface area contributed by atoms with Crippen molar-refractivity contribution in [1.82, 2.24) is 0 Å². The quantitative estimate of drug-likeness (QED) is 0.748. The van der Waals surface area contributed by atoms with Gasteiger partial charge in [0.1, 0.15) is 0 Å². The van der Waals surface area contributed by atoms with Gasteiger partial charge in [-0.3, -0.25) is 4.79 Å². The van der Waals surface area contributed by atoms with Gasteiger partial charge in [-0.15, -0.1) is 0 Å². The Morgan fingerprint density at radius 1 is 1.25 bits per heavy atom. The van der Waals surface area contributed by atoms with Gasteiger partial charge >= 0.3 is 0 Å². The average Bonchev–Trinajstić information content (AvgIpc) is 2.21. The van der Waals surface area contributed by atoms with Crippen LogP contribution in [0.2, 0.25) is 0 Å². The predicted molar refractivity (Wildman–Crippen MR) is 62.1 cm³/mol. The number of fused-ring (bicyclic) bond motifs is 1. The van der Waals surface area contributed by atoms with Gasteiger partial charge < -0.3 is 0 Å². The minimum Gasteiger partial charge on any atom is -0.294 e. The Morgan fingerprint density at radius 2 is 1.94 bits per heavy atom. The van der Waals surface area contributed by atoms with Crippen molar-refractivity contribution in [3.05, 3.63) is 35.4 Å². The van der Waals surface area contributed by atoms with E-state index in [4.69, 9.17) is 0 Å². The summed E-state index contributed by atoms with van der Waals surface area (Å²) in [7, 11) is -3.29. The van der Waals surface area contributed by atoms with Crippen LogP contribution in [0.5, 0.6) is 0 Å². The van der Waals surface area contributed by atoms with Gasteiger partial charge in [-0.2, -0.15) is 0 Å². The molecule has 4 heteroatoms. The molecule has 84 valence electrons. The van der Waals surface area contributed by atoms with Crippen molar-refractivity contribution in [2.75, 3.05) is 6.26 Å². The summed E-state index contributed by atoms with van der Waals surface area (Å²) in [5.41, 5.74) is 1.02. The molecule has 1 atom stereocenters. The summed E-state index contributed by atoms with van der Waals surface area (Å²) in [6.45, 7) is 1.80. The maximum Gasteiger partial charge on any atom is 0.176 e. The first-order valence-corrected chi connectivity index (χ1v) is 6.86. The zero-order chi connectivity index (χ0) is 11.9. The highest BCUT2D eigenvalue weighted by atomic mass is 32.2. The van der Waals surface area contributed by atoms with Crippen LogP contribution < -0.4 is 0 Å². The maximum atomic E-state index is 11.8. The van der Waals surface area contributed by atoms with E-state index in [0.717, 1.165) is 6.26 Å². The number of hydrogen-bond acceptors (Lipinski definition) is 3. The lowest BCUT2D eigenvalue weighted by atomic mass is 9.89. The Hall–Kier alpha value is -1.42. The van der Waals surface area contributed by atoms with Crippen molar-refractivity contribution >= 4 is 21.7 Å². The van der Waals surface area contributed by atoms with Crippen LogP contribution >= 0.6 is 0 Å². The third kappa shape index (κ3) is 1.69. The summed E-state index contributed by atoms with van der Waals surface area (Å²) in [5.74, 6) is -0.203. The molecule has 1 aliphatic rings. The normalized spacial score (nSPS) is 19.6. The van der Waals surface area contributed by atoms with Gasteiger partial charge in [-0.05, 0) is 6.07 Å². The minimum atomic E-state index is -3.29. The van der Waals surface area contributed by atoms with E-state index < -0.39 is 9.84 Å². The Balaban J connectivity index is 2.75. The number of sulfone groups is 1. The molecule has 0 spiro atoms. The van der Waals surface area contributed by atoms with Crippen LogP contribution in [-0.2, 0) is 9.84 Å². The second kappa shape index (κ2) is 3.56. The monoisotopic (exact) mass is 236 g/mol. The Kier molecular flexibility index (Phi) is 2.46. The highest BCUT2D eigenvalue weighted by Crippen LogP contribution is 2.28. The molecule has 0 unspecified atom stereocenters. The fraction of sp³-hybridized carbons (Fsp3) is 0.250. The topological polar surface area (TPSA) is 51.2 Å². The van der Waals surface area contributed by atoms with Crippen LogP contribution in [0.15, 0.2) is 29.2 Å². The third-order valence-corrected chi connectivity index (χ3v) is 3.85. The van der Waals surface area contributed by atoms with Gasteiger partial charge in [0.25, 0.3) is 0 Å². The summed E-state index contributed by atoms with van der Waals surface area (Å²) in [4.78, 5) is 12.1. The summed E-state index contributed by atoms with van der Waals surface area (Å²) >= 11 is 0. The Morgan fingerprint density at radius 3 is 2.56 bits per heavy atom. The molecule has 0 N–H and O–H groups in total. The number of rotatable bonds is 1. The SMILES string of the molecule is C[C@H]1C=Cc2c(cccc2S(C)(=O)=O)C1=O. The van der Waals surface area contributed by atoms with E-state index in [-0.39, 0.29) is 16.6 Å². The molecule has 0 bridgehead atoms. The summed E-state index contributed by atoms with van der Waals surface area (Å²) in [5, 5.41) is 0. The number of hydrogen-bond donors (Lipinski definition) is 0. The summed E-state index contributed by atoms with van der Waals surface area (Å²) < 4.78 is 23.1. The highest BCUT2D eigenvalue weighted by Gasteiger charge is 2.24. The van der Waals surface area contributed by atoms with Gasteiger partial charge in [0.15, 0.2) is 15.6 Å². The zero-order valence-electron chi connectivity index (χ0n) is 9.10. The second-order valence-electron chi connectivity index (χ2n) is 4.00. The molecule has 0 fully saturated rings. The highest BCUT2D eigenvalue weighted by molar-refractivity contribution is 7.90. The van der Waals surface area contributed by atoms with E-state index in [1.54, 1.807) is 31.2 Å². The van der Waals surface area contributed by atoms with E-state index in [9.17, 15) is 13.2 Å². The van der Waals surface area contributed by atoms with Crippen molar-refractivity contribution in [2.24, 2.45) is 5.92 Å². The van der Waals surface area contributed by atoms with Crippen molar-refractivity contribution in [3.8, 4) is 0 Å². The number of Topliss-reactive ketones (excluding diaryl/α,β-unsaturated/α-hetero) is 1. The zero-order valence-corrected chi connectivity index (χ0v) is 9.91. The molecule has 0 heterocycles. The number of carbonyl (C=O) groups excluding carboxylic acids is 1. The van der Waals surface area contributed by atoms with E-state index in [0.29, 0.717) is 11.1 Å². The number of allylic oxidation sites excluding steroid dienone is 1. The van der Waals surface area contributed by atoms with E-state index in [1.165, 1.54) is 6.07 Å². The third-order valence-electron chi connectivity index (χ3n) is 2.70. The molecule has 1 aromatic carbocycles. The van der Waals surface area contributed by atoms with Crippen LogP contribution in [0.4, 0.5) is 0 Å². The van der Waals surface area contributed by atoms with Crippen molar-refractivity contribution in [3.63, 3.8) is 0 Å². The number of benzene rings is 1. The fourth-order valence-corrected chi connectivity index (χ4v) is 2.73. The standard InChI is InChI=1S/C12H12O3S/c1-8-6-7-9-10(12(8)13)4-3-5-11(9)16(2,14)15/h3-8H,1-2H3/t8-/m0/s1. The smallest absolute Gasteiger partial charge is 0.176 e. The first-order chi connectivity index (χ1) is 7.41. The predicted octanol–water partition coefficient (Wildman–Crippen LogP) is 1.94. The van der Waals surface area contributed by atoms with E-state index in [1.807, 2.05) is 0 Å². The maximum absolute atomic E-state index is 11.8. The molecule has 16 heavy (non-hydrogen) atoms. The molecule has 1 aliphatic carbocycles. The van der Waals surface area contributed by atoms with Gasteiger partial charge in [0.05, 0.1) is 4.90 Å². The van der Waals surface area contributed by atoms with Crippen molar-refractivity contribution in [2.45, 2.75) is 11.8 Å². The van der Waals surface area contributed by atoms with E-state index in [2.05, 4.69) is 0 Å². The molecular weight excluding hydrogens is 224 g/mol. The molecule has 2 rings (SSSR count).